The van der Waals surface area contributed by atoms with E-state index in [0.717, 1.165) is 38.0 Å². The number of amides is 1. The minimum atomic E-state index is 0.163. The zero-order valence-corrected chi connectivity index (χ0v) is 14.5. The predicted molar refractivity (Wildman–Crippen MR) is 98.3 cm³/mol. The van der Waals surface area contributed by atoms with Crippen molar-refractivity contribution < 1.29 is 4.79 Å². The number of H-pyrrole nitrogens is 1. The Kier molecular flexibility index (Phi) is 5.04. The number of hydrogen-bond acceptors (Lipinski definition) is 1. The van der Waals surface area contributed by atoms with E-state index in [1.165, 1.54) is 16.6 Å². The van der Waals surface area contributed by atoms with Crippen LogP contribution in [0.3, 0.4) is 0 Å². The van der Waals surface area contributed by atoms with Gasteiger partial charge in [0.05, 0.1) is 17.6 Å². The van der Waals surface area contributed by atoms with Gasteiger partial charge >= 0.3 is 0 Å². The van der Waals surface area contributed by atoms with Crippen LogP contribution in [0.2, 0.25) is 0 Å². The van der Waals surface area contributed by atoms with Crippen LogP contribution in [-0.4, -0.2) is 33.7 Å². The zero-order chi connectivity index (χ0) is 16.9. The molecule has 1 saturated heterocycles. The molecule has 4 rings (SSSR count). The zero-order valence-electron chi connectivity index (χ0n) is 14.5. The molecule has 1 aromatic heterocycles. The van der Waals surface area contributed by atoms with E-state index in [0.29, 0.717) is 0 Å². The summed E-state index contributed by atoms with van der Waals surface area (Å²) < 4.78 is 2.12. The molecule has 0 bridgehead atoms. The fourth-order valence-electron chi connectivity index (χ4n) is 3.12. The molecule has 4 heteroatoms. The fourth-order valence-corrected chi connectivity index (χ4v) is 3.12. The molecule has 1 amide bonds. The van der Waals surface area contributed by atoms with E-state index in [1.807, 2.05) is 55.1 Å². The van der Waals surface area contributed by atoms with Gasteiger partial charge in [0.2, 0.25) is 0 Å². The van der Waals surface area contributed by atoms with Gasteiger partial charge in [0.15, 0.2) is 0 Å². The van der Waals surface area contributed by atoms with Crippen LogP contribution in [0.5, 0.6) is 0 Å². The average Bonchev–Trinajstić information content (AvgIpc) is 3.16. The van der Waals surface area contributed by atoms with Gasteiger partial charge in [-0.15, -0.1) is 0 Å². The van der Waals surface area contributed by atoms with Crippen LogP contribution in [0, 0.1) is 0 Å². The molecule has 1 fully saturated rings. The topological polar surface area (TPSA) is 41.0 Å². The van der Waals surface area contributed by atoms with E-state index in [-0.39, 0.29) is 5.91 Å². The molecule has 1 aliphatic rings. The molecule has 3 aromatic rings. The van der Waals surface area contributed by atoms with Crippen molar-refractivity contribution in [2.45, 2.75) is 33.2 Å². The minimum Gasteiger partial charge on any atom is -0.339 e. The van der Waals surface area contributed by atoms with Gasteiger partial charge in [-0.3, -0.25) is 14.6 Å². The number of aromatic amines is 1. The fraction of sp³-hybridized carbons (Fsp3) is 0.350. The second-order valence-electron chi connectivity index (χ2n) is 5.91. The smallest absolute Gasteiger partial charge is 0.253 e. The number of carbonyl (C=O) groups excluding carboxylic acids is 1. The number of nitrogens with one attached hydrogen (secondary N) is 1. The highest BCUT2D eigenvalue weighted by Gasteiger charge is 2.19. The van der Waals surface area contributed by atoms with Crippen molar-refractivity contribution in [3.05, 3.63) is 59.7 Å². The van der Waals surface area contributed by atoms with Crippen LogP contribution in [0.4, 0.5) is 0 Å². The molecule has 0 saturated carbocycles. The van der Waals surface area contributed by atoms with E-state index < -0.39 is 0 Å². The quantitative estimate of drug-likeness (QED) is 0.768. The summed E-state index contributed by atoms with van der Waals surface area (Å²) in [5, 5.41) is 3.31. The minimum absolute atomic E-state index is 0.163. The molecular formula is C20H25N3O. The number of hydrogen-bond donors (Lipinski definition) is 1. The van der Waals surface area contributed by atoms with Crippen molar-refractivity contribution in [2.24, 2.45) is 0 Å². The molecule has 2 aromatic carbocycles. The number of benzene rings is 2. The Morgan fingerprint density at radius 2 is 1.67 bits per heavy atom. The lowest BCUT2D eigenvalue weighted by Crippen LogP contribution is -2.27. The standard InChI is InChI=1S/C18H19N3O.C2H6/c22-18(20-11-3-4-12-20)15-9-7-14(8-10-15)13-21-17-6-2-1-5-16(17)19-21;1-2/h1-2,5-10,19H,3-4,11-13H2;1-2H3. The Morgan fingerprint density at radius 1 is 1.00 bits per heavy atom. The van der Waals surface area contributed by atoms with Gasteiger partial charge in [-0.05, 0) is 42.7 Å². The summed E-state index contributed by atoms with van der Waals surface area (Å²) in [6.45, 7) is 6.60. The normalized spacial score (nSPS) is 13.8. The molecule has 0 atom stereocenters. The molecule has 2 heterocycles. The molecule has 0 spiro atoms. The van der Waals surface area contributed by atoms with Crippen LogP contribution in [0.1, 0.15) is 42.6 Å². The lowest BCUT2D eigenvalue weighted by Gasteiger charge is -2.17. The maximum atomic E-state index is 12.3. The number of para-hydroxylation sites is 2. The summed E-state index contributed by atoms with van der Waals surface area (Å²) in [5.41, 5.74) is 4.38. The van der Waals surface area contributed by atoms with Crippen LogP contribution in [0.15, 0.2) is 48.5 Å². The van der Waals surface area contributed by atoms with Gasteiger partial charge in [-0.25, -0.2) is 0 Å². The van der Waals surface area contributed by atoms with E-state index in [2.05, 4.69) is 21.9 Å². The molecule has 24 heavy (non-hydrogen) atoms. The second kappa shape index (κ2) is 7.39. The van der Waals surface area contributed by atoms with Crippen molar-refractivity contribution in [1.29, 1.82) is 0 Å². The number of carbonyl (C=O) groups is 1. The molecule has 0 radical (unpaired) electrons. The predicted octanol–water partition coefficient (Wildman–Crippen LogP) is 4.28. The number of fused-ring (bicyclic) bond motifs is 1. The van der Waals surface area contributed by atoms with Gasteiger partial charge in [-0.2, -0.15) is 0 Å². The van der Waals surface area contributed by atoms with Crippen LogP contribution < -0.4 is 0 Å². The van der Waals surface area contributed by atoms with Gasteiger partial charge in [-0.1, -0.05) is 38.1 Å². The Morgan fingerprint density at radius 3 is 2.33 bits per heavy atom. The van der Waals surface area contributed by atoms with Crippen LogP contribution in [0.25, 0.3) is 11.0 Å². The Labute approximate surface area is 143 Å². The lowest BCUT2D eigenvalue weighted by atomic mass is 10.1. The van der Waals surface area contributed by atoms with Crippen LogP contribution in [-0.2, 0) is 6.54 Å². The number of aromatic nitrogens is 2. The van der Waals surface area contributed by atoms with E-state index in [1.54, 1.807) is 0 Å². The molecular weight excluding hydrogens is 298 g/mol. The summed E-state index contributed by atoms with van der Waals surface area (Å²) in [6, 6.07) is 16.2. The largest absolute Gasteiger partial charge is 0.339 e. The number of rotatable bonds is 3. The van der Waals surface area contributed by atoms with Crippen molar-refractivity contribution in [2.75, 3.05) is 13.1 Å². The summed E-state index contributed by atoms with van der Waals surface area (Å²) in [4.78, 5) is 14.3. The summed E-state index contributed by atoms with van der Waals surface area (Å²) >= 11 is 0. The molecule has 1 N–H and O–H groups in total. The first-order valence-electron chi connectivity index (χ1n) is 8.83. The van der Waals surface area contributed by atoms with Crippen molar-refractivity contribution in [3.8, 4) is 0 Å². The Bertz CT molecular complexity index is 792. The molecule has 0 aliphatic carbocycles. The first-order chi connectivity index (χ1) is 11.8. The summed E-state index contributed by atoms with van der Waals surface area (Å²) in [5.74, 6) is 0.163. The summed E-state index contributed by atoms with van der Waals surface area (Å²) in [7, 11) is 0. The molecule has 0 unspecified atom stereocenters. The first kappa shape index (κ1) is 16.4. The highest BCUT2D eigenvalue weighted by molar-refractivity contribution is 5.94. The van der Waals surface area contributed by atoms with E-state index in [4.69, 9.17) is 0 Å². The average molecular weight is 323 g/mol. The van der Waals surface area contributed by atoms with Gasteiger partial charge in [0.1, 0.15) is 0 Å². The SMILES string of the molecule is CC.O=C(c1ccc(Cn2[nH]c3ccccc32)cc1)N1CCCC1. The lowest BCUT2D eigenvalue weighted by molar-refractivity contribution is 0.0793. The third-order valence-electron chi connectivity index (χ3n) is 4.39. The maximum Gasteiger partial charge on any atom is 0.253 e. The maximum absolute atomic E-state index is 12.3. The third kappa shape index (κ3) is 3.23. The van der Waals surface area contributed by atoms with Crippen molar-refractivity contribution in [1.82, 2.24) is 14.7 Å². The third-order valence-corrected chi connectivity index (χ3v) is 4.39. The number of nitrogens with zero attached hydrogens (tertiary/aromatic N) is 2. The van der Waals surface area contributed by atoms with Gasteiger partial charge in [0, 0.05) is 18.7 Å². The van der Waals surface area contributed by atoms with Crippen LogP contribution >= 0.6 is 0 Å². The number of likely N-dealkylation sites (tertiary alicyclic amines) is 1. The first-order valence-corrected chi connectivity index (χ1v) is 8.83. The monoisotopic (exact) mass is 323 g/mol. The molecule has 4 nitrogen and oxygen atoms in total. The van der Waals surface area contributed by atoms with Gasteiger partial charge < -0.3 is 4.90 Å². The van der Waals surface area contributed by atoms with Gasteiger partial charge in [0.25, 0.3) is 5.91 Å². The van der Waals surface area contributed by atoms with Crippen molar-refractivity contribution in [3.63, 3.8) is 0 Å². The Hall–Kier alpha value is -2.49. The highest BCUT2D eigenvalue weighted by atomic mass is 16.2. The Balaban J connectivity index is 0.000000815. The second-order valence-corrected chi connectivity index (χ2v) is 5.91. The van der Waals surface area contributed by atoms with E-state index >= 15 is 0 Å². The molecule has 1 aliphatic heterocycles. The van der Waals surface area contributed by atoms with Crippen molar-refractivity contribution >= 4 is 16.9 Å². The van der Waals surface area contributed by atoms with E-state index in [9.17, 15) is 4.79 Å². The highest BCUT2D eigenvalue weighted by Crippen LogP contribution is 2.17. The molecule has 126 valence electrons. The summed E-state index contributed by atoms with van der Waals surface area (Å²) in [6.07, 6.45) is 2.26.